The third kappa shape index (κ3) is 5.85. The number of hydrogen-bond donors (Lipinski definition) is 2. The third-order valence-corrected chi connectivity index (χ3v) is 3.19. The first-order valence-electron chi connectivity index (χ1n) is 6.97. The van der Waals surface area contributed by atoms with E-state index in [0.29, 0.717) is 0 Å². The number of nitrogens with zero attached hydrogens (tertiary/aromatic N) is 2. The van der Waals surface area contributed by atoms with Crippen molar-refractivity contribution in [3.8, 4) is 0 Å². The Labute approximate surface area is 152 Å². The number of nitro benzene ring substituents is 1. The Hall–Kier alpha value is -2.16. The lowest BCUT2D eigenvalue weighted by Crippen LogP contribution is -2.22. The summed E-state index contributed by atoms with van der Waals surface area (Å²) in [4.78, 5) is 14.5. The van der Waals surface area contributed by atoms with Gasteiger partial charge >= 0.3 is 0 Å². The van der Waals surface area contributed by atoms with E-state index in [-0.39, 0.29) is 42.2 Å². The summed E-state index contributed by atoms with van der Waals surface area (Å²) < 4.78 is 0. The third-order valence-electron chi connectivity index (χ3n) is 3.19. The number of benzene rings is 2. The van der Waals surface area contributed by atoms with Crippen LogP contribution in [0.5, 0.6) is 0 Å². The molecule has 0 aliphatic rings. The molecule has 2 aromatic carbocycles. The van der Waals surface area contributed by atoms with Gasteiger partial charge in [-0.25, -0.2) is 4.99 Å². The number of hydrogen-bond acceptors (Lipinski definition) is 3. The SMILES string of the molecule is CCc1ccc(NC(N)=NCc2cccc([N+](=O)[O-])c2)cc1.I. The number of aryl methyl sites for hydroxylation is 1. The maximum atomic E-state index is 10.7. The maximum absolute atomic E-state index is 10.7. The number of anilines is 1. The first kappa shape index (κ1) is 18.9. The predicted molar refractivity (Wildman–Crippen MR) is 103 cm³/mol. The van der Waals surface area contributed by atoms with E-state index in [4.69, 9.17) is 5.73 Å². The Kier molecular flexibility index (Phi) is 7.46. The molecule has 0 amide bonds. The van der Waals surface area contributed by atoms with Gasteiger partial charge in [0.1, 0.15) is 0 Å². The van der Waals surface area contributed by atoms with Crippen molar-refractivity contribution in [1.29, 1.82) is 0 Å². The molecule has 0 aliphatic heterocycles. The van der Waals surface area contributed by atoms with Crippen molar-refractivity contribution in [2.75, 3.05) is 5.32 Å². The average molecular weight is 426 g/mol. The van der Waals surface area contributed by atoms with Crippen molar-refractivity contribution in [3.63, 3.8) is 0 Å². The maximum Gasteiger partial charge on any atom is 0.269 e. The Morgan fingerprint density at radius 2 is 1.91 bits per heavy atom. The minimum atomic E-state index is -0.426. The summed E-state index contributed by atoms with van der Waals surface area (Å²) in [6.45, 7) is 2.38. The number of aliphatic imine (C=N–C) groups is 1. The van der Waals surface area contributed by atoms with E-state index in [9.17, 15) is 10.1 Å². The fourth-order valence-electron chi connectivity index (χ4n) is 1.96. The topological polar surface area (TPSA) is 93.5 Å². The molecule has 2 aromatic rings. The molecule has 122 valence electrons. The van der Waals surface area contributed by atoms with Gasteiger partial charge in [-0.05, 0) is 29.7 Å². The molecular weight excluding hydrogens is 407 g/mol. The van der Waals surface area contributed by atoms with Crippen LogP contribution < -0.4 is 11.1 Å². The largest absolute Gasteiger partial charge is 0.370 e. The van der Waals surface area contributed by atoms with Crippen molar-refractivity contribution in [2.24, 2.45) is 10.7 Å². The van der Waals surface area contributed by atoms with Gasteiger partial charge in [-0.15, -0.1) is 24.0 Å². The fraction of sp³-hybridized carbons (Fsp3) is 0.188. The number of nitrogens with two attached hydrogens (primary N) is 1. The molecule has 3 N–H and O–H groups in total. The lowest BCUT2D eigenvalue weighted by Gasteiger charge is -2.06. The van der Waals surface area contributed by atoms with Gasteiger partial charge in [0, 0.05) is 17.8 Å². The van der Waals surface area contributed by atoms with Crippen LogP contribution in [0.25, 0.3) is 0 Å². The monoisotopic (exact) mass is 426 g/mol. The Morgan fingerprint density at radius 1 is 1.22 bits per heavy atom. The van der Waals surface area contributed by atoms with Gasteiger partial charge in [-0.1, -0.05) is 31.2 Å². The molecule has 6 nitrogen and oxygen atoms in total. The summed E-state index contributed by atoms with van der Waals surface area (Å²) in [6.07, 6.45) is 0.983. The number of rotatable bonds is 5. The van der Waals surface area contributed by atoms with E-state index in [1.165, 1.54) is 17.7 Å². The van der Waals surface area contributed by atoms with Crippen LogP contribution in [0.15, 0.2) is 53.5 Å². The summed E-state index contributed by atoms with van der Waals surface area (Å²) in [5, 5.41) is 13.7. The molecular formula is C16H19IN4O2. The Morgan fingerprint density at radius 3 is 2.52 bits per heavy atom. The molecule has 0 radical (unpaired) electrons. The van der Waals surface area contributed by atoms with Crippen LogP contribution >= 0.6 is 24.0 Å². The molecule has 0 bridgehead atoms. The summed E-state index contributed by atoms with van der Waals surface area (Å²) in [7, 11) is 0. The highest BCUT2D eigenvalue weighted by molar-refractivity contribution is 14.0. The number of halogens is 1. The van der Waals surface area contributed by atoms with E-state index < -0.39 is 4.92 Å². The van der Waals surface area contributed by atoms with Crippen LogP contribution in [0.3, 0.4) is 0 Å². The smallest absolute Gasteiger partial charge is 0.269 e. The van der Waals surface area contributed by atoms with Crippen LogP contribution in [0.2, 0.25) is 0 Å². The van der Waals surface area contributed by atoms with Crippen molar-refractivity contribution in [1.82, 2.24) is 0 Å². The summed E-state index contributed by atoms with van der Waals surface area (Å²) in [5.74, 6) is 0.274. The normalized spacial score (nSPS) is 10.7. The quantitative estimate of drug-likeness (QED) is 0.251. The molecule has 0 aromatic heterocycles. The number of non-ortho nitro benzene ring substituents is 1. The molecule has 0 saturated carbocycles. The minimum Gasteiger partial charge on any atom is -0.370 e. The predicted octanol–water partition coefficient (Wildman–Crippen LogP) is 3.70. The van der Waals surface area contributed by atoms with Crippen LogP contribution in [-0.2, 0) is 13.0 Å². The van der Waals surface area contributed by atoms with Gasteiger partial charge in [0.25, 0.3) is 5.69 Å². The van der Waals surface area contributed by atoms with E-state index in [1.54, 1.807) is 12.1 Å². The lowest BCUT2D eigenvalue weighted by molar-refractivity contribution is -0.384. The van der Waals surface area contributed by atoms with Gasteiger partial charge in [0.05, 0.1) is 11.5 Å². The highest BCUT2D eigenvalue weighted by Gasteiger charge is 2.05. The second kappa shape index (κ2) is 9.09. The van der Waals surface area contributed by atoms with E-state index in [2.05, 4.69) is 17.2 Å². The zero-order valence-electron chi connectivity index (χ0n) is 12.7. The molecule has 0 aliphatic carbocycles. The van der Waals surface area contributed by atoms with Crippen LogP contribution in [0, 0.1) is 10.1 Å². The van der Waals surface area contributed by atoms with E-state index in [0.717, 1.165) is 17.7 Å². The standard InChI is InChI=1S/C16H18N4O2.HI/c1-2-12-6-8-14(9-7-12)19-16(17)18-11-13-4-3-5-15(10-13)20(21)22;/h3-10H,2,11H2,1H3,(H3,17,18,19);1H. The molecule has 0 heterocycles. The van der Waals surface area contributed by atoms with Crippen molar-refractivity contribution in [3.05, 3.63) is 69.8 Å². The molecule has 23 heavy (non-hydrogen) atoms. The second-order valence-corrected chi connectivity index (χ2v) is 4.80. The molecule has 0 spiro atoms. The zero-order valence-corrected chi connectivity index (χ0v) is 15.1. The summed E-state index contributed by atoms with van der Waals surface area (Å²) >= 11 is 0. The fourth-order valence-corrected chi connectivity index (χ4v) is 1.96. The number of nitrogens with one attached hydrogen (secondary N) is 1. The van der Waals surface area contributed by atoms with Crippen molar-refractivity contribution >= 4 is 41.3 Å². The Balaban J connectivity index is 0.00000264. The van der Waals surface area contributed by atoms with Gasteiger partial charge in [-0.3, -0.25) is 10.1 Å². The van der Waals surface area contributed by atoms with Crippen LogP contribution in [-0.4, -0.2) is 10.9 Å². The molecule has 0 fully saturated rings. The molecule has 0 saturated heterocycles. The average Bonchev–Trinajstić information content (AvgIpc) is 2.54. The zero-order chi connectivity index (χ0) is 15.9. The minimum absolute atomic E-state index is 0. The highest BCUT2D eigenvalue weighted by Crippen LogP contribution is 2.14. The van der Waals surface area contributed by atoms with Gasteiger partial charge < -0.3 is 11.1 Å². The van der Waals surface area contributed by atoms with Crippen molar-refractivity contribution in [2.45, 2.75) is 19.9 Å². The van der Waals surface area contributed by atoms with Crippen LogP contribution in [0.4, 0.5) is 11.4 Å². The lowest BCUT2D eigenvalue weighted by atomic mass is 10.1. The summed E-state index contributed by atoms with van der Waals surface area (Å²) in [6, 6.07) is 14.3. The van der Waals surface area contributed by atoms with Crippen molar-refractivity contribution < 1.29 is 4.92 Å². The molecule has 0 atom stereocenters. The van der Waals surface area contributed by atoms with Gasteiger partial charge in [0.2, 0.25) is 0 Å². The first-order chi connectivity index (χ1) is 10.6. The number of guanidine groups is 1. The van der Waals surface area contributed by atoms with E-state index in [1.807, 2.05) is 24.3 Å². The molecule has 2 rings (SSSR count). The molecule has 0 unspecified atom stereocenters. The molecule has 7 heteroatoms. The van der Waals surface area contributed by atoms with Gasteiger partial charge in [-0.2, -0.15) is 0 Å². The summed E-state index contributed by atoms with van der Waals surface area (Å²) in [5.41, 5.74) is 8.72. The first-order valence-corrected chi connectivity index (χ1v) is 6.97. The highest BCUT2D eigenvalue weighted by atomic mass is 127. The van der Waals surface area contributed by atoms with E-state index >= 15 is 0 Å². The second-order valence-electron chi connectivity index (χ2n) is 4.80. The van der Waals surface area contributed by atoms with Gasteiger partial charge in [0.15, 0.2) is 5.96 Å². The number of nitro groups is 1. The van der Waals surface area contributed by atoms with Crippen LogP contribution in [0.1, 0.15) is 18.1 Å². The Bertz CT molecular complexity index is 687.